The van der Waals surface area contributed by atoms with Gasteiger partial charge in [-0.15, -0.1) is 0 Å². The molecule has 0 fully saturated rings. The molecule has 0 heterocycles. The minimum absolute atomic E-state index is 0.563. The summed E-state index contributed by atoms with van der Waals surface area (Å²) >= 11 is 3.49. The molecule has 0 amide bonds. The summed E-state index contributed by atoms with van der Waals surface area (Å²) in [5, 5.41) is 0. The van der Waals surface area contributed by atoms with Crippen LogP contribution in [0.3, 0.4) is 0 Å². The van der Waals surface area contributed by atoms with Crippen molar-refractivity contribution in [3.8, 4) is 5.75 Å². The molecule has 4 heteroatoms. The molecular weight excluding hydrogens is 284 g/mol. The molecule has 0 aromatic heterocycles. The fraction of sp³-hybridized carbons (Fsp3) is 0.538. The summed E-state index contributed by atoms with van der Waals surface area (Å²) in [7, 11) is 1.66. The number of hydrogen-bond acceptors (Lipinski definition) is 3. The molecule has 3 nitrogen and oxygen atoms in total. The SMILES string of the molecule is CCCOCCOCc1cc(OC)ccc1Br. The first-order valence-electron chi connectivity index (χ1n) is 5.75. The van der Waals surface area contributed by atoms with Crippen LogP contribution in [0.1, 0.15) is 18.9 Å². The van der Waals surface area contributed by atoms with Gasteiger partial charge in [0, 0.05) is 11.1 Å². The van der Waals surface area contributed by atoms with Crippen LogP contribution in [0.5, 0.6) is 5.75 Å². The number of methoxy groups -OCH3 is 1. The lowest BCUT2D eigenvalue weighted by molar-refractivity contribution is 0.0406. The van der Waals surface area contributed by atoms with Crippen molar-refractivity contribution < 1.29 is 14.2 Å². The van der Waals surface area contributed by atoms with Crippen LogP contribution in [0.4, 0.5) is 0 Å². The van der Waals surface area contributed by atoms with E-state index in [1.54, 1.807) is 7.11 Å². The maximum absolute atomic E-state index is 5.54. The van der Waals surface area contributed by atoms with Gasteiger partial charge in [0.25, 0.3) is 0 Å². The van der Waals surface area contributed by atoms with E-state index < -0.39 is 0 Å². The van der Waals surface area contributed by atoms with Crippen molar-refractivity contribution >= 4 is 15.9 Å². The molecule has 0 radical (unpaired) electrons. The Morgan fingerprint density at radius 3 is 2.59 bits per heavy atom. The maximum atomic E-state index is 5.54. The minimum Gasteiger partial charge on any atom is -0.497 e. The summed E-state index contributed by atoms with van der Waals surface area (Å²) in [6, 6.07) is 5.85. The van der Waals surface area contributed by atoms with Crippen LogP contribution in [0.25, 0.3) is 0 Å². The third kappa shape index (κ3) is 5.52. The predicted molar refractivity (Wildman–Crippen MR) is 71.5 cm³/mol. The van der Waals surface area contributed by atoms with E-state index in [0.29, 0.717) is 19.8 Å². The molecular formula is C13H19BrO3. The summed E-state index contributed by atoms with van der Waals surface area (Å²) in [5.74, 6) is 0.842. The van der Waals surface area contributed by atoms with Crippen LogP contribution >= 0.6 is 15.9 Å². The van der Waals surface area contributed by atoms with Crippen LogP contribution in [0.15, 0.2) is 22.7 Å². The van der Waals surface area contributed by atoms with Gasteiger partial charge in [-0.1, -0.05) is 22.9 Å². The van der Waals surface area contributed by atoms with Crippen LogP contribution < -0.4 is 4.74 Å². The third-order valence-corrected chi connectivity index (χ3v) is 3.00. The largest absolute Gasteiger partial charge is 0.497 e. The smallest absolute Gasteiger partial charge is 0.119 e. The highest BCUT2D eigenvalue weighted by molar-refractivity contribution is 9.10. The first-order chi connectivity index (χ1) is 8.27. The average Bonchev–Trinajstić information content (AvgIpc) is 2.35. The summed E-state index contributed by atoms with van der Waals surface area (Å²) in [4.78, 5) is 0. The molecule has 0 N–H and O–H groups in total. The second-order valence-electron chi connectivity index (χ2n) is 3.62. The lowest BCUT2D eigenvalue weighted by Gasteiger charge is -2.08. The Morgan fingerprint density at radius 1 is 1.12 bits per heavy atom. The van der Waals surface area contributed by atoms with E-state index in [1.807, 2.05) is 18.2 Å². The zero-order chi connectivity index (χ0) is 12.5. The first kappa shape index (κ1) is 14.5. The number of rotatable bonds is 8. The molecule has 0 aliphatic carbocycles. The Labute approximate surface area is 111 Å². The molecule has 1 aromatic carbocycles. The van der Waals surface area contributed by atoms with E-state index in [1.165, 1.54) is 0 Å². The van der Waals surface area contributed by atoms with Gasteiger partial charge in [-0.3, -0.25) is 0 Å². The maximum Gasteiger partial charge on any atom is 0.119 e. The number of halogens is 1. The van der Waals surface area contributed by atoms with Crippen molar-refractivity contribution in [2.75, 3.05) is 26.9 Å². The van der Waals surface area contributed by atoms with Crippen LogP contribution in [0.2, 0.25) is 0 Å². The highest BCUT2D eigenvalue weighted by atomic mass is 79.9. The summed E-state index contributed by atoms with van der Waals surface area (Å²) in [6.45, 7) is 4.72. The normalized spacial score (nSPS) is 10.5. The topological polar surface area (TPSA) is 27.7 Å². The van der Waals surface area contributed by atoms with Crippen molar-refractivity contribution in [3.05, 3.63) is 28.2 Å². The van der Waals surface area contributed by atoms with Gasteiger partial charge >= 0.3 is 0 Å². The molecule has 17 heavy (non-hydrogen) atoms. The molecule has 0 bridgehead atoms. The van der Waals surface area contributed by atoms with Crippen LogP contribution in [-0.4, -0.2) is 26.9 Å². The van der Waals surface area contributed by atoms with Crippen molar-refractivity contribution in [2.45, 2.75) is 20.0 Å². The highest BCUT2D eigenvalue weighted by Gasteiger charge is 2.02. The fourth-order valence-electron chi connectivity index (χ4n) is 1.34. The van der Waals surface area contributed by atoms with Gasteiger partial charge < -0.3 is 14.2 Å². The number of ether oxygens (including phenoxy) is 3. The number of benzene rings is 1. The Bertz CT molecular complexity index is 328. The van der Waals surface area contributed by atoms with Gasteiger partial charge in [0.1, 0.15) is 5.75 Å². The molecule has 0 aliphatic heterocycles. The van der Waals surface area contributed by atoms with E-state index in [4.69, 9.17) is 14.2 Å². The summed E-state index contributed by atoms with van der Waals surface area (Å²) in [5.41, 5.74) is 1.08. The number of hydrogen-bond donors (Lipinski definition) is 0. The van der Waals surface area contributed by atoms with Gasteiger partial charge in [-0.25, -0.2) is 0 Å². The molecule has 0 spiro atoms. The van der Waals surface area contributed by atoms with Crippen molar-refractivity contribution in [2.24, 2.45) is 0 Å². The minimum atomic E-state index is 0.563. The van der Waals surface area contributed by atoms with Crippen LogP contribution in [-0.2, 0) is 16.1 Å². The molecule has 0 atom stereocenters. The molecule has 1 aromatic rings. The molecule has 0 saturated heterocycles. The lowest BCUT2D eigenvalue weighted by atomic mass is 10.2. The van der Waals surface area contributed by atoms with Crippen molar-refractivity contribution in [1.82, 2.24) is 0 Å². The predicted octanol–water partition coefficient (Wildman–Crippen LogP) is 3.40. The van der Waals surface area contributed by atoms with Gasteiger partial charge in [-0.05, 0) is 30.2 Å². The Hall–Kier alpha value is -0.580. The lowest BCUT2D eigenvalue weighted by Crippen LogP contribution is -2.05. The standard InChI is InChI=1S/C13H19BrO3/c1-3-6-16-7-8-17-10-11-9-12(15-2)4-5-13(11)14/h4-5,9H,3,6-8,10H2,1-2H3. The summed E-state index contributed by atoms with van der Waals surface area (Å²) < 4.78 is 17.1. The third-order valence-electron chi connectivity index (χ3n) is 2.23. The second kappa shape index (κ2) is 8.50. The Kier molecular flexibility index (Phi) is 7.24. The average molecular weight is 303 g/mol. The first-order valence-corrected chi connectivity index (χ1v) is 6.55. The molecule has 1 rings (SSSR count). The second-order valence-corrected chi connectivity index (χ2v) is 4.48. The Morgan fingerprint density at radius 2 is 1.88 bits per heavy atom. The van der Waals surface area contributed by atoms with E-state index in [-0.39, 0.29) is 0 Å². The fourth-order valence-corrected chi connectivity index (χ4v) is 1.70. The van der Waals surface area contributed by atoms with Gasteiger partial charge in [-0.2, -0.15) is 0 Å². The van der Waals surface area contributed by atoms with E-state index in [9.17, 15) is 0 Å². The molecule has 0 aliphatic rings. The van der Waals surface area contributed by atoms with Crippen molar-refractivity contribution in [3.63, 3.8) is 0 Å². The Balaban J connectivity index is 2.30. The quantitative estimate of drug-likeness (QED) is 0.689. The zero-order valence-corrected chi connectivity index (χ0v) is 12.0. The van der Waals surface area contributed by atoms with E-state index in [0.717, 1.165) is 28.8 Å². The van der Waals surface area contributed by atoms with Crippen LogP contribution in [0, 0.1) is 0 Å². The molecule has 0 saturated carbocycles. The summed E-state index contributed by atoms with van der Waals surface area (Å²) in [6.07, 6.45) is 1.04. The molecule has 0 unspecified atom stereocenters. The van der Waals surface area contributed by atoms with Gasteiger partial charge in [0.05, 0.1) is 26.9 Å². The monoisotopic (exact) mass is 302 g/mol. The van der Waals surface area contributed by atoms with Gasteiger partial charge in [0.15, 0.2) is 0 Å². The van der Waals surface area contributed by atoms with E-state index in [2.05, 4.69) is 22.9 Å². The van der Waals surface area contributed by atoms with E-state index >= 15 is 0 Å². The molecule has 96 valence electrons. The zero-order valence-electron chi connectivity index (χ0n) is 10.4. The van der Waals surface area contributed by atoms with Gasteiger partial charge in [0.2, 0.25) is 0 Å². The highest BCUT2D eigenvalue weighted by Crippen LogP contribution is 2.22. The van der Waals surface area contributed by atoms with Crippen molar-refractivity contribution in [1.29, 1.82) is 0 Å².